The van der Waals surface area contributed by atoms with Gasteiger partial charge >= 0.3 is 18.4 Å². The molecule has 0 spiro atoms. The number of aryl methyl sites for hydroxylation is 1. The van der Waals surface area contributed by atoms with Crippen molar-refractivity contribution in [2.45, 2.75) is 56.7 Å². The molecule has 2 aromatic carbocycles. The van der Waals surface area contributed by atoms with Crippen LogP contribution in [0.2, 0.25) is 0 Å². The van der Waals surface area contributed by atoms with Crippen molar-refractivity contribution in [3.05, 3.63) is 76.4 Å². The molecule has 1 saturated heterocycles. The molecule has 0 aliphatic carbocycles. The molecule has 0 radical (unpaired) electrons. The highest BCUT2D eigenvalue weighted by Crippen LogP contribution is 2.43. The molecule has 5 rings (SSSR count). The lowest BCUT2D eigenvalue weighted by Gasteiger charge is -2.32. The van der Waals surface area contributed by atoms with Gasteiger partial charge in [0.1, 0.15) is 17.1 Å². The van der Waals surface area contributed by atoms with Crippen LogP contribution in [0.15, 0.2) is 42.5 Å². The molecule has 1 aromatic heterocycles. The van der Waals surface area contributed by atoms with Crippen LogP contribution in [-0.2, 0) is 35.1 Å². The summed E-state index contributed by atoms with van der Waals surface area (Å²) in [7, 11) is 1.48. The average Bonchev–Trinajstić information content (AvgIpc) is 3.37. The molecule has 14 heteroatoms. The fraction of sp³-hybridized carbons (Fsp3) is 0.448. The lowest BCUT2D eigenvalue weighted by Crippen LogP contribution is -2.44. The van der Waals surface area contributed by atoms with Gasteiger partial charge in [-0.15, -0.1) is 0 Å². The summed E-state index contributed by atoms with van der Waals surface area (Å²) >= 11 is 0. The first-order chi connectivity index (χ1) is 20.3. The monoisotopic (exact) mass is 615 g/mol. The van der Waals surface area contributed by atoms with Crippen LogP contribution in [0.25, 0.3) is 5.69 Å². The molecule has 1 fully saturated rings. The number of piperidine rings is 1. The number of carbonyl (C=O) groups excluding carboxylic acids is 1. The second-order valence-electron chi connectivity index (χ2n) is 10.4. The second-order valence-corrected chi connectivity index (χ2v) is 10.4. The number of halogens is 7. The van der Waals surface area contributed by atoms with Crippen molar-refractivity contribution < 1.29 is 49.7 Å². The van der Waals surface area contributed by atoms with Crippen molar-refractivity contribution in [3.8, 4) is 11.4 Å². The number of benzene rings is 2. The highest BCUT2D eigenvalue weighted by molar-refractivity contribution is 5.68. The van der Waals surface area contributed by atoms with Gasteiger partial charge in [0, 0.05) is 19.0 Å². The molecule has 232 valence electrons. The van der Waals surface area contributed by atoms with Crippen molar-refractivity contribution in [2.24, 2.45) is 0 Å². The van der Waals surface area contributed by atoms with Gasteiger partial charge in [0.05, 0.1) is 37.4 Å². The minimum absolute atomic E-state index is 0.0167. The van der Waals surface area contributed by atoms with Crippen molar-refractivity contribution in [1.82, 2.24) is 14.7 Å². The summed E-state index contributed by atoms with van der Waals surface area (Å²) in [4.78, 5) is 13.7. The van der Waals surface area contributed by atoms with Crippen LogP contribution in [0, 0.1) is 5.82 Å². The number of amides is 1. The summed E-state index contributed by atoms with van der Waals surface area (Å²) in [6.45, 7) is -1.34. The minimum atomic E-state index is -4.90. The lowest BCUT2D eigenvalue weighted by atomic mass is 9.89. The predicted octanol–water partition coefficient (Wildman–Crippen LogP) is 6.60. The molecule has 0 N–H and O–H groups in total. The molecule has 3 heterocycles. The van der Waals surface area contributed by atoms with E-state index in [0.29, 0.717) is 22.6 Å². The number of hydrogen-bond acceptors (Lipinski definition) is 5. The van der Waals surface area contributed by atoms with Gasteiger partial charge in [0.15, 0.2) is 0 Å². The standard InChI is InChI=1S/C29H28F7N3O4/c1-41-21-6-2-17(3-7-21)15-42-16-24(28(31,32)33)43-27(40)38-12-10-18(11-13-38)26-25(29(34,35)36)23-8-4-19-14-20(30)5-9-22(19)39(23)37-26/h2-3,5-7,9,14,18,24H,4,8,10-13,15-16H2,1H3. The van der Waals surface area contributed by atoms with Crippen LogP contribution in [0.3, 0.4) is 0 Å². The van der Waals surface area contributed by atoms with Crippen molar-refractivity contribution in [2.75, 3.05) is 26.8 Å². The molecular weight excluding hydrogens is 587 g/mol. The van der Waals surface area contributed by atoms with E-state index in [1.54, 1.807) is 24.3 Å². The Labute approximate surface area is 242 Å². The molecule has 1 unspecified atom stereocenters. The van der Waals surface area contributed by atoms with E-state index in [2.05, 4.69) is 5.10 Å². The Bertz CT molecular complexity index is 1450. The molecule has 2 aliphatic heterocycles. The Morgan fingerprint density at radius 3 is 2.35 bits per heavy atom. The topological polar surface area (TPSA) is 65.8 Å². The molecule has 0 saturated carbocycles. The number of alkyl halides is 6. The van der Waals surface area contributed by atoms with Crippen LogP contribution >= 0.6 is 0 Å². The number of nitrogens with zero attached hydrogens (tertiary/aromatic N) is 3. The van der Waals surface area contributed by atoms with E-state index >= 15 is 0 Å². The van der Waals surface area contributed by atoms with E-state index in [1.165, 1.54) is 23.9 Å². The summed E-state index contributed by atoms with van der Waals surface area (Å²) < 4.78 is 113. The molecule has 1 amide bonds. The lowest BCUT2D eigenvalue weighted by molar-refractivity contribution is -0.220. The fourth-order valence-electron chi connectivity index (χ4n) is 5.44. The Balaban J connectivity index is 1.24. The van der Waals surface area contributed by atoms with Crippen molar-refractivity contribution in [1.29, 1.82) is 0 Å². The number of likely N-dealkylation sites (tertiary alicyclic amines) is 1. The highest BCUT2D eigenvalue weighted by atomic mass is 19.4. The average molecular weight is 616 g/mol. The van der Waals surface area contributed by atoms with E-state index in [-0.39, 0.29) is 56.8 Å². The van der Waals surface area contributed by atoms with Gasteiger partial charge in [-0.25, -0.2) is 13.9 Å². The number of methoxy groups -OCH3 is 1. The van der Waals surface area contributed by atoms with Crippen LogP contribution in [0.4, 0.5) is 35.5 Å². The maximum Gasteiger partial charge on any atom is 0.427 e. The first kappa shape index (κ1) is 30.6. The molecule has 0 bridgehead atoms. The van der Waals surface area contributed by atoms with Gasteiger partial charge in [-0.05, 0) is 67.1 Å². The van der Waals surface area contributed by atoms with E-state index in [9.17, 15) is 35.5 Å². The van der Waals surface area contributed by atoms with E-state index in [0.717, 1.165) is 11.0 Å². The first-order valence-electron chi connectivity index (χ1n) is 13.6. The smallest absolute Gasteiger partial charge is 0.427 e. The summed E-state index contributed by atoms with van der Waals surface area (Å²) in [5.74, 6) is -0.630. The normalized spacial score (nSPS) is 16.4. The zero-order valence-corrected chi connectivity index (χ0v) is 23.0. The maximum absolute atomic E-state index is 14.2. The van der Waals surface area contributed by atoms with Crippen LogP contribution in [0.1, 0.15) is 46.8 Å². The van der Waals surface area contributed by atoms with Gasteiger partial charge in [-0.1, -0.05) is 12.1 Å². The van der Waals surface area contributed by atoms with Gasteiger partial charge in [-0.3, -0.25) is 0 Å². The zero-order chi connectivity index (χ0) is 30.9. The molecule has 43 heavy (non-hydrogen) atoms. The summed E-state index contributed by atoms with van der Waals surface area (Å²) in [6, 6.07) is 10.3. The second kappa shape index (κ2) is 12.1. The minimum Gasteiger partial charge on any atom is -0.497 e. The Morgan fingerprint density at radius 2 is 1.72 bits per heavy atom. The molecule has 1 atom stereocenters. The van der Waals surface area contributed by atoms with Crippen molar-refractivity contribution >= 4 is 6.09 Å². The predicted molar refractivity (Wildman–Crippen MR) is 138 cm³/mol. The van der Waals surface area contributed by atoms with Crippen molar-refractivity contribution in [3.63, 3.8) is 0 Å². The highest BCUT2D eigenvalue weighted by Gasteiger charge is 2.46. The third-order valence-corrected chi connectivity index (χ3v) is 7.64. The first-order valence-corrected chi connectivity index (χ1v) is 13.6. The van der Waals surface area contributed by atoms with Crippen LogP contribution in [0.5, 0.6) is 5.75 Å². The van der Waals surface area contributed by atoms with Gasteiger partial charge in [0.2, 0.25) is 6.10 Å². The van der Waals surface area contributed by atoms with Gasteiger partial charge in [0.25, 0.3) is 0 Å². The Morgan fingerprint density at radius 1 is 1.02 bits per heavy atom. The summed E-state index contributed by atoms with van der Waals surface area (Å²) in [5, 5.41) is 4.30. The number of ether oxygens (including phenoxy) is 3. The molecule has 3 aromatic rings. The van der Waals surface area contributed by atoms with Crippen LogP contribution < -0.4 is 4.74 Å². The quantitative estimate of drug-likeness (QED) is 0.280. The number of rotatable bonds is 7. The number of carbonyl (C=O) groups is 1. The maximum atomic E-state index is 14.2. The molecular formula is C29H28F7N3O4. The summed E-state index contributed by atoms with van der Waals surface area (Å²) in [5.41, 5.74) is 0.436. The van der Waals surface area contributed by atoms with Crippen LogP contribution in [-0.4, -0.2) is 59.9 Å². The third-order valence-electron chi connectivity index (χ3n) is 7.64. The molecule has 7 nitrogen and oxygen atoms in total. The number of aromatic nitrogens is 2. The summed E-state index contributed by atoms with van der Waals surface area (Å²) in [6.07, 6.45) is -13.1. The number of hydrogen-bond donors (Lipinski definition) is 0. The SMILES string of the molecule is COc1ccc(COCC(OC(=O)N2CCC(c3nn4c(c3C(F)(F)F)CCc3cc(F)ccc3-4)CC2)C(F)(F)F)cc1. The Hall–Kier alpha value is -3.81. The van der Waals surface area contributed by atoms with Gasteiger partial charge in [-0.2, -0.15) is 31.4 Å². The largest absolute Gasteiger partial charge is 0.497 e. The van der Waals surface area contributed by atoms with Gasteiger partial charge < -0.3 is 19.1 Å². The fourth-order valence-corrected chi connectivity index (χ4v) is 5.44. The Kier molecular flexibility index (Phi) is 8.59. The third kappa shape index (κ3) is 6.73. The van der Waals surface area contributed by atoms with E-state index in [1.807, 2.05) is 0 Å². The molecule has 2 aliphatic rings. The number of fused-ring (bicyclic) bond motifs is 3. The van der Waals surface area contributed by atoms with E-state index in [4.69, 9.17) is 14.2 Å². The van der Waals surface area contributed by atoms with E-state index < -0.39 is 48.5 Å². The zero-order valence-electron chi connectivity index (χ0n) is 23.0.